The Labute approximate surface area is 89.7 Å². The first-order chi connectivity index (χ1) is 6.80. The fourth-order valence-corrected chi connectivity index (χ4v) is 2.68. The lowest BCUT2D eigenvalue weighted by Gasteiger charge is -2.07. The number of aliphatic carboxylic acids is 1. The molecule has 1 heterocycles. The molecule has 0 aliphatic carbocycles. The minimum absolute atomic E-state index is 0.104. The van der Waals surface area contributed by atoms with E-state index in [1.54, 1.807) is 0 Å². The third-order valence-corrected chi connectivity index (χ3v) is 3.62. The van der Waals surface area contributed by atoms with Gasteiger partial charge >= 0.3 is 13.6 Å². The molecule has 0 spiro atoms. The Hall–Kier alpha value is -0.880. The van der Waals surface area contributed by atoms with Gasteiger partial charge in [-0.25, -0.2) is 0 Å². The molecule has 0 saturated heterocycles. The third kappa shape index (κ3) is 3.32. The molecule has 1 atom stereocenters. The maximum Gasteiger partial charge on any atom is 0.357 e. The van der Waals surface area contributed by atoms with Gasteiger partial charge in [-0.05, 0) is 13.0 Å². The van der Waals surface area contributed by atoms with E-state index < -0.39 is 19.6 Å². The van der Waals surface area contributed by atoms with Crippen LogP contribution in [-0.4, -0.2) is 26.9 Å². The van der Waals surface area contributed by atoms with Crippen molar-refractivity contribution < 1.29 is 24.3 Å². The Balaban J connectivity index is 2.78. The maximum absolute atomic E-state index is 10.8. The zero-order valence-electron chi connectivity index (χ0n) is 7.75. The van der Waals surface area contributed by atoms with Gasteiger partial charge in [0.15, 0.2) is 0 Å². The average Bonchev–Trinajstić information content (AvgIpc) is 2.51. The lowest BCUT2D eigenvalue weighted by Crippen LogP contribution is -2.24. The summed E-state index contributed by atoms with van der Waals surface area (Å²) in [5.41, 5.74) is 0. The second-order valence-electron chi connectivity index (χ2n) is 2.92. The van der Waals surface area contributed by atoms with Crippen LogP contribution in [0.25, 0.3) is 0 Å². The van der Waals surface area contributed by atoms with Gasteiger partial charge in [-0.15, -0.1) is 11.3 Å². The van der Waals surface area contributed by atoms with Crippen LogP contribution in [0.2, 0.25) is 0 Å². The number of nitrogens with one attached hydrogen (secondary N) is 1. The van der Waals surface area contributed by atoms with E-state index in [0.717, 1.165) is 11.3 Å². The molecule has 0 saturated carbocycles. The van der Waals surface area contributed by atoms with Gasteiger partial charge < -0.3 is 20.2 Å². The second kappa shape index (κ2) is 4.32. The van der Waals surface area contributed by atoms with Crippen LogP contribution in [0.3, 0.4) is 0 Å². The minimum Gasteiger partial charge on any atom is -0.480 e. The monoisotopic (exact) mass is 251 g/mol. The van der Waals surface area contributed by atoms with E-state index in [1.807, 2.05) is 0 Å². The highest BCUT2D eigenvalue weighted by Crippen LogP contribution is 2.36. The SMILES string of the molecule is CC(Nc1cc(P(=O)(O)O)cs1)C(=O)O. The molecular formula is C7H10NO5PS. The van der Waals surface area contributed by atoms with E-state index in [0.29, 0.717) is 5.00 Å². The van der Waals surface area contributed by atoms with Crippen molar-refractivity contribution in [2.45, 2.75) is 13.0 Å². The van der Waals surface area contributed by atoms with Crippen LogP contribution in [0.5, 0.6) is 0 Å². The van der Waals surface area contributed by atoms with E-state index in [-0.39, 0.29) is 5.30 Å². The quantitative estimate of drug-likeness (QED) is 0.578. The van der Waals surface area contributed by atoms with Gasteiger partial charge in [0.05, 0.1) is 10.3 Å². The molecule has 0 aromatic carbocycles. The third-order valence-electron chi connectivity index (χ3n) is 1.65. The molecule has 0 bridgehead atoms. The zero-order valence-corrected chi connectivity index (χ0v) is 9.46. The number of rotatable bonds is 4. The van der Waals surface area contributed by atoms with Crippen molar-refractivity contribution in [1.29, 1.82) is 0 Å². The highest BCUT2D eigenvalue weighted by Gasteiger charge is 2.20. The molecule has 15 heavy (non-hydrogen) atoms. The zero-order chi connectivity index (χ0) is 11.6. The number of carboxylic acid groups (broad SMARTS) is 1. The standard InChI is InChI=1S/C7H10NO5PS/c1-4(7(9)10)8-6-2-5(3-15-6)14(11,12)13/h2-4,8H,1H3,(H,9,10)(H2,11,12,13). The van der Waals surface area contributed by atoms with E-state index in [1.165, 1.54) is 18.4 Å². The summed E-state index contributed by atoms with van der Waals surface area (Å²) in [7, 11) is -4.24. The van der Waals surface area contributed by atoms with Crippen molar-refractivity contribution in [1.82, 2.24) is 0 Å². The number of hydrogen-bond donors (Lipinski definition) is 4. The molecule has 0 radical (unpaired) electrons. The van der Waals surface area contributed by atoms with Crippen LogP contribution in [0.15, 0.2) is 11.4 Å². The average molecular weight is 251 g/mol. The van der Waals surface area contributed by atoms with Crippen molar-refractivity contribution in [2.24, 2.45) is 0 Å². The lowest BCUT2D eigenvalue weighted by molar-refractivity contribution is -0.137. The van der Waals surface area contributed by atoms with Gasteiger partial charge in [0.1, 0.15) is 6.04 Å². The fraction of sp³-hybridized carbons (Fsp3) is 0.286. The Bertz CT molecular complexity index is 411. The molecule has 4 N–H and O–H groups in total. The molecule has 1 aromatic heterocycles. The molecule has 0 aliphatic heterocycles. The smallest absolute Gasteiger partial charge is 0.357 e. The summed E-state index contributed by atoms with van der Waals surface area (Å²) in [6.45, 7) is 1.44. The molecule has 1 aromatic rings. The molecule has 84 valence electrons. The summed E-state index contributed by atoms with van der Waals surface area (Å²) in [5.74, 6) is -1.03. The molecular weight excluding hydrogens is 241 g/mol. The van der Waals surface area contributed by atoms with Crippen molar-refractivity contribution in [2.75, 3.05) is 5.32 Å². The Morgan fingerprint density at radius 1 is 1.60 bits per heavy atom. The van der Waals surface area contributed by atoms with Gasteiger partial charge in [0.2, 0.25) is 0 Å². The highest BCUT2D eigenvalue weighted by atomic mass is 32.1. The minimum atomic E-state index is -4.24. The predicted octanol–water partition coefficient (Wildman–Crippen LogP) is 0.436. The molecule has 6 nitrogen and oxygen atoms in total. The summed E-state index contributed by atoms with van der Waals surface area (Å²) in [6.07, 6.45) is 0. The number of hydrogen-bond acceptors (Lipinski definition) is 4. The van der Waals surface area contributed by atoms with Crippen LogP contribution in [0.4, 0.5) is 5.00 Å². The Kier molecular flexibility index (Phi) is 3.51. The van der Waals surface area contributed by atoms with Crippen LogP contribution in [0, 0.1) is 0 Å². The predicted molar refractivity (Wildman–Crippen MR) is 56.7 cm³/mol. The number of carbonyl (C=O) groups is 1. The van der Waals surface area contributed by atoms with E-state index in [4.69, 9.17) is 14.9 Å². The Morgan fingerprint density at radius 3 is 2.60 bits per heavy atom. The van der Waals surface area contributed by atoms with E-state index >= 15 is 0 Å². The van der Waals surface area contributed by atoms with Gasteiger partial charge in [-0.1, -0.05) is 0 Å². The molecule has 0 fully saturated rings. The molecule has 1 unspecified atom stereocenters. The molecule has 8 heteroatoms. The summed E-state index contributed by atoms with van der Waals surface area (Å²) in [6, 6.07) is 0.457. The first-order valence-electron chi connectivity index (χ1n) is 3.94. The lowest BCUT2D eigenvalue weighted by atomic mass is 10.3. The molecule has 0 amide bonds. The van der Waals surface area contributed by atoms with E-state index in [2.05, 4.69) is 5.32 Å². The number of carboxylic acids is 1. The van der Waals surface area contributed by atoms with Crippen LogP contribution in [-0.2, 0) is 9.36 Å². The van der Waals surface area contributed by atoms with Gasteiger partial charge in [0, 0.05) is 5.38 Å². The van der Waals surface area contributed by atoms with Crippen molar-refractivity contribution >= 4 is 35.2 Å². The highest BCUT2D eigenvalue weighted by molar-refractivity contribution is 7.60. The summed E-state index contributed by atoms with van der Waals surface area (Å²) < 4.78 is 10.8. The first-order valence-corrected chi connectivity index (χ1v) is 6.44. The largest absolute Gasteiger partial charge is 0.480 e. The van der Waals surface area contributed by atoms with Gasteiger partial charge in [-0.3, -0.25) is 9.36 Å². The summed E-state index contributed by atoms with van der Waals surface area (Å²) in [4.78, 5) is 28.1. The van der Waals surface area contributed by atoms with Crippen molar-refractivity contribution in [3.05, 3.63) is 11.4 Å². The summed E-state index contributed by atoms with van der Waals surface area (Å²) >= 11 is 1.06. The number of anilines is 1. The van der Waals surface area contributed by atoms with Gasteiger partial charge in [0.25, 0.3) is 0 Å². The fourth-order valence-electron chi connectivity index (χ4n) is 0.830. The van der Waals surface area contributed by atoms with Crippen LogP contribution >= 0.6 is 18.9 Å². The van der Waals surface area contributed by atoms with Gasteiger partial charge in [-0.2, -0.15) is 0 Å². The van der Waals surface area contributed by atoms with Crippen LogP contribution in [0.1, 0.15) is 6.92 Å². The summed E-state index contributed by atoms with van der Waals surface area (Å²) in [5, 5.41) is 12.8. The first kappa shape index (κ1) is 12.2. The number of thiophene rings is 1. The topological polar surface area (TPSA) is 107 Å². The van der Waals surface area contributed by atoms with Crippen molar-refractivity contribution in [3.8, 4) is 0 Å². The molecule has 1 rings (SSSR count). The van der Waals surface area contributed by atoms with E-state index in [9.17, 15) is 9.36 Å². The molecule has 0 aliphatic rings. The second-order valence-corrected chi connectivity index (χ2v) is 5.43. The van der Waals surface area contributed by atoms with Crippen LogP contribution < -0.4 is 10.6 Å². The normalized spacial score (nSPS) is 13.5. The van der Waals surface area contributed by atoms with Crippen molar-refractivity contribution in [3.63, 3.8) is 0 Å². The Morgan fingerprint density at radius 2 is 2.20 bits per heavy atom. The maximum atomic E-state index is 10.8.